The zero-order valence-electron chi connectivity index (χ0n) is 17.0. The van der Waals surface area contributed by atoms with Gasteiger partial charge in [0.1, 0.15) is 11.8 Å². The second-order valence-corrected chi connectivity index (χ2v) is 8.07. The number of rotatable bonds is 10. The fourth-order valence-electron chi connectivity index (χ4n) is 2.70. The summed E-state index contributed by atoms with van der Waals surface area (Å²) in [5, 5.41) is 3.53. The summed E-state index contributed by atoms with van der Waals surface area (Å²) >= 11 is 7.34. The average molecular weight is 435 g/mol. The van der Waals surface area contributed by atoms with E-state index in [0.717, 1.165) is 16.9 Å². The predicted octanol–water partition coefficient (Wildman–Crippen LogP) is 4.38. The first kappa shape index (κ1) is 23.1. The number of hydrogen-bond donors (Lipinski definition) is 1. The smallest absolute Gasteiger partial charge is 0.242 e. The van der Waals surface area contributed by atoms with Crippen molar-refractivity contribution in [2.24, 2.45) is 0 Å². The molecule has 0 aliphatic rings. The van der Waals surface area contributed by atoms with Crippen molar-refractivity contribution >= 4 is 35.2 Å². The van der Waals surface area contributed by atoms with Crippen molar-refractivity contribution in [2.45, 2.75) is 37.8 Å². The Morgan fingerprint density at radius 3 is 2.59 bits per heavy atom. The van der Waals surface area contributed by atoms with Crippen LogP contribution in [0.1, 0.15) is 25.8 Å². The summed E-state index contributed by atoms with van der Waals surface area (Å²) in [7, 11) is 1.60. The van der Waals surface area contributed by atoms with Gasteiger partial charge in [0, 0.05) is 23.0 Å². The van der Waals surface area contributed by atoms with Crippen LogP contribution in [0.4, 0.5) is 0 Å². The van der Waals surface area contributed by atoms with Gasteiger partial charge in [0.15, 0.2) is 0 Å². The van der Waals surface area contributed by atoms with E-state index < -0.39 is 6.04 Å². The highest BCUT2D eigenvalue weighted by Gasteiger charge is 2.26. The van der Waals surface area contributed by atoms with E-state index in [0.29, 0.717) is 23.9 Å². The number of nitrogens with one attached hydrogen (secondary N) is 1. The van der Waals surface area contributed by atoms with Gasteiger partial charge in [-0.15, -0.1) is 11.8 Å². The Morgan fingerprint density at radius 2 is 1.93 bits per heavy atom. The van der Waals surface area contributed by atoms with Crippen LogP contribution >= 0.6 is 23.4 Å². The molecule has 2 aromatic rings. The molecule has 29 heavy (non-hydrogen) atoms. The lowest BCUT2D eigenvalue weighted by molar-refractivity contribution is -0.138. The molecular formula is C22H27ClN2O3S. The van der Waals surface area contributed by atoms with Crippen LogP contribution < -0.4 is 10.1 Å². The van der Waals surface area contributed by atoms with Crippen LogP contribution in [0.2, 0.25) is 5.02 Å². The van der Waals surface area contributed by atoms with Gasteiger partial charge in [0.2, 0.25) is 11.8 Å². The van der Waals surface area contributed by atoms with Gasteiger partial charge in [-0.1, -0.05) is 30.7 Å². The molecule has 1 unspecified atom stereocenters. The standard InChI is InChI=1S/C22H27ClN2O3S/c1-4-12-24-22(27)16(2)25(14-17-6-5-7-19(13-17)28-3)21(26)15-29-20-10-8-18(23)9-11-20/h5-11,13,16H,4,12,14-15H2,1-3H3,(H,24,27). The van der Waals surface area contributed by atoms with E-state index in [2.05, 4.69) is 5.32 Å². The fourth-order valence-corrected chi connectivity index (χ4v) is 3.62. The predicted molar refractivity (Wildman–Crippen MR) is 118 cm³/mol. The maximum absolute atomic E-state index is 13.0. The Bertz CT molecular complexity index is 814. The number of ether oxygens (including phenoxy) is 1. The molecule has 2 amide bonds. The summed E-state index contributed by atoms with van der Waals surface area (Å²) < 4.78 is 5.28. The number of benzene rings is 2. The maximum Gasteiger partial charge on any atom is 0.242 e. The van der Waals surface area contributed by atoms with Gasteiger partial charge in [-0.3, -0.25) is 9.59 Å². The molecule has 1 N–H and O–H groups in total. The van der Waals surface area contributed by atoms with Gasteiger partial charge >= 0.3 is 0 Å². The quantitative estimate of drug-likeness (QED) is 0.563. The van der Waals surface area contributed by atoms with Crippen LogP contribution in [0.25, 0.3) is 0 Å². The Balaban J connectivity index is 2.14. The topological polar surface area (TPSA) is 58.6 Å². The van der Waals surface area contributed by atoms with Gasteiger partial charge in [-0.25, -0.2) is 0 Å². The lowest BCUT2D eigenvalue weighted by Crippen LogP contribution is -2.48. The third kappa shape index (κ3) is 7.29. The van der Waals surface area contributed by atoms with Crippen LogP contribution in [0, 0.1) is 0 Å². The van der Waals surface area contributed by atoms with Gasteiger partial charge in [-0.05, 0) is 55.3 Å². The van der Waals surface area contributed by atoms with Gasteiger partial charge in [-0.2, -0.15) is 0 Å². The minimum atomic E-state index is -0.578. The van der Waals surface area contributed by atoms with Crippen molar-refractivity contribution in [1.29, 1.82) is 0 Å². The molecule has 0 aromatic heterocycles. The minimum absolute atomic E-state index is 0.105. The van der Waals surface area contributed by atoms with Crippen molar-refractivity contribution in [3.8, 4) is 5.75 Å². The number of thioether (sulfide) groups is 1. The SMILES string of the molecule is CCCNC(=O)C(C)N(Cc1cccc(OC)c1)C(=O)CSc1ccc(Cl)cc1. The second kappa shape index (κ2) is 11.7. The summed E-state index contributed by atoms with van der Waals surface area (Å²) in [6.45, 7) is 4.67. The normalized spacial score (nSPS) is 11.6. The minimum Gasteiger partial charge on any atom is -0.497 e. The van der Waals surface area contributed by atoms with E-state index in [1.807, 2.05) is 43.3 Å². The lowest BCUT2D eigenvalue weighted by Gasteiger charge is -2.29. The third-order valence-corrected chi connectivity index (χ3v) is 5.63. The molecule has 0 spiro atoms. The molecule has 2 rings (SSSR count). The monoisotopic (exact) mass is 434 g/mol. The molecule has 0 radical (unpaired) electrons. The van der Waals surface area contributed by atoms with Gasteiger partial charge in [0.25, 0.3) is 0 Å². The van der Waals surface area contributed by atoms with E-state index in [-0.39, 0.29) is 17.6 Å². The highest BCUT2D eigenvalue weighted by molar-refractivity contribution is 8.00. The van der Waals surface area contributed by atoms with Crippen molar-refractivity contribution in [3.05, 3.63) is 59.1 Å². The number of nitrogens with zero attached hydrogens (tertiary/aromatic N) is 1. The van der Waals surface area contributed by atoms with E-state index >= 15 is 0 Å². The van der Waals surface area contributed by atoms with Gasteiger partial charge in [0.05, 0.1) is 12.9 Å². The van der Waals surface area contributed by atoms with Crippen LogP contribution in [0.3, 0.4) is 0 Å². The van der Waals surface area contributed by atoms with Gasteiger partial charge < -0.3 is 15.0 Å². The Hall–Kier alpha value is -2.18. The lowest BCUT2D eigenvalue weighted by atomic mass is 10.1. The zero-order chi connectivity index (χ0) is 21.2. The molecule has 0 fully saturated rings. The van der Waals surface area contributed by atoms with Crippen molar-refractivity contribution in [1.82, 2.24) is 10.2 Å². The summed E-state index contributed by atoms with van der Waals surface area (Å²) in [5.74, 6) is 0.691. The first-order valence-electron chi connectivity index (χ1n) is 9.53. The Kier molecular flexibility index (Phi) is 9.35. The van der Waals surface area contributed by atoms with Crippen LogP contribution in [-0.2, 0) is 16.1 Å². The maximum atomic E-state index is 13.0. The molecule has 7 heteroatoms. The highest BCUT2D eigenvalue weighted by Crippen LogP contribution is 2.22. The average Bonchev–Trinajstić information content (AvgIpc) is 2.74. The van der Waals surface area contributed by atoms with Crippen LogP contribution in [0.15, 0.2) is 53.4 Å². The molecule has 0 saturated heterocycles. The van der Waals surface area contributed by atoms with E-state index in [1.54, 1.807) is 31.1 Å². The number of amides is 2. The molecule has 156 valence electrons. The van der Waals surface area contributed by atoms with Crippen LogP contribution in [0.5, 0.6) is 5.75 Å². The Labute approximate surface area is 181 Å². The van der Waals surface area contributed by atoms with E-state index in [9.17, 15) is 9.59 Å². The highest BCUT2D eigenvalue weighted by atomic mass is 35.5. The molecule has 1 atom stereocenters. The second-order valence-electron chi connectivity index (χ2n) is 6.58. The van der Waals surface area contributed by atoms with Crippen LogP contribution in [-0.4, -0.2) is 42.2 Å². The fraction of sp³-hybridized carbons (Fsp3) is 0.364. The number of hydrogen-bond acceptors (Lipinski definition) is 4. The molecule has 2 aromatic carbocycles. The summed E-state index contributed by atoms with van der Waals surface area (Å²) in [6.07, 6.45) is 0.842. The molecule has 0 saturated carbocycles. The third-order valence-electron chi connectivity index (χ3n) is 4.38. The summed E-state index contributed by atoms with van der Waals surface area (Å²) in [4.78, 5) is 28.1. The first-order valence-corrected chi connectivity index (χ1v) is 10.9. The largest absolute Gasteiger partial charge is 0.497 e. The summed E-state index contributed by atoms with van der Waals surface area (Å²) in [6, 6.07) is 14.3. The molecular weight excluding hydrogens is 408 g/mol. The first-order chi connectivity index (χ1) is 13.9. The molecule has 0 heterocycles. The van der Waals surface area contributed by atoms with Crippen molar-refractivity contribution in [3.63, 3.8) is 0 Å². The summed E-state index contributed by atoms with van der Waals surface area (Å²) in [5.41, 5.74) is 0.907. The number of carbonyl (C=O) groups excluding carboxylic acids is 2. The molecule has 0 aliphatic carbocycles. The molecule has 0 aliphatic heterocycles. The van der Waals surface area contributed by atoms with E-state index in [1.165, 1.54) is 11.8 Å². The van der Waals surface area contributed by atoms with E-state index in [4.69, 9.17) is 16.3 Å². The molecule has 5 nitrogen and oxygen atoms in total. The molecule has 0 bridgehead atoms. The number of halogens is 1. The number of methoxy groups -OCH3 is 1. The Morgan fingerprint density at radius 1 is 1.21 bits per heavy atom. The van der Waals surface area contributed by atoms with Crippen molar-refractivity contribution < 1.29 is 14.3 Å². The number of carbonyl (C=O) groups is 2. The van der Waals surface area contributed by atoms with Crippen molar-refractivity contribution in [2.75, 3.05) is 19.4 Å². The zero-order valence-corrected chi connectivity index (χ0v) is 18.6.